The van der Waals surface area contributed by atoms with Crippen LogP contribution in [0.15, 0.2) is 18.2 Å². The topological polar surface area (TPSA) is 77.8 Å². The molecule has 1 amide bonds. The summed E-state index contributed by atoms with van der Waals surface area (Å²) in [6.45, 7) is 2.81. The summed E-state index contributed by atoms with van der Waals surface area (Å²) < 4.78 is 0. The lowest BCUT2D eigenvalue weighted by Gasteiger charge is -2.16. The molecule has 0 saturated carbocycles. The highest BCUT2D eigenvalue weighted by molar-refractivity contribution is 5.95. The van der Waals surface area contributed by atoms with E-state index in [1.165, 1.54) is 6.07 Å². The van der Waals surface area contributed by atoms with Crippen LogP contribution in [0.5, 0.6) is 5.75 Å². The van der Waals surface area contributed by atoms with Gasteiger partial charge in [-0.1, -0.05) is 6.07 Å². The van der Waals surface area contributed by atoms with Gasteiger partial charge in [0.2, 0.25) is 0 Å². The van der Waals surface area contributed by atoms with Crippen molar-refractivity contribution in [2.75, 3.05) is 13.1 Å². The molecule has 5 nitrogen and oxygen atoms in total. The molecule has 1 aromatic rings. The summed E-state index contributed by atoms with van der Waals surface area (Å²) in [4.78, 5) is 24.5. The van der Waals surface area contributed by atoms with Gasteiger partial charge >= 0.3 is 5.97 Å². The van der Waals surface area contributed by atoms with Crippen molar-refractivity contribution in [1.29, 1.82) is 0 Å². The van der Waals surface area contributed by atoms with Crippen LogP contribution in [0.2, 0.25) is 0 Å². The van der Waals surface area contributed by atoms with Crippen LogP contribution in [-0.2, 0) is 4.79 Å². The van der Waals surface area contributed by atoms with E-state index in [1.807, 2.05) is 0 Å². The molecule has 0 spiro atoms. The number of benzene rings is 1. The number of aliphatic carboxylic acids is 1. The van der Waals surface area contributed by atoms with E-state index in [4.69, 9.17) is 5.11 Å². The molecule has 19 heavy (non-hydrogen) atoms. The van der Waals surface area contributed by atoms with Crippen LogP contribution in [0.3, 0.4) is 0 Å². The highest BCUT2D eigenvalue weighted by atomic mass is 16.4. The summed E-state index contributed by atoms with van der Waals surface area (Å²) in [7, 11) is 0. The maximum Gasteiger partial charge on any atom is 0.303 e. The van der Waals surface area contributed by atoms with E-state index in [2.05, 4.69) is 0 Å². The number of phenols is 1. The molecular formula is C14H17NO4. The van der Waals surface area contributed by atoms with Gasteiger partial charge in [0, 0.05) is 25.1 Å². The molecule has 0 aromatic heterocycles. The number of hydrogen-bond donors (Lipinski definition) is 2. The largest absolute Gasteiger partial charge is 0.508 e. The van der Waals surface area contributed by atoms with Crippen LogP contribution in [0.25, 0.3) is 0 Å². The molecule has 1 unspecified atom stereocenters. The summed E-state index contributed by atoms with van der Waals surface area (Å²) in [5, 5.41) is 18.4. The van der Waals surface area contributed by atoms with Crippen molar-refractivity contribution in [3.05, 3.63) is 29.3 Å². The third-order valence-electron chi connectivity index (χ3n) is 3.49. The van der Waals surface area contributed by atoms with Crippen LogP contribution in [0.1, 0.15) is 28.8 Å². The minimum absolute atomic E-state index is 0.0282. The van der Waals surface area contributed by atoms with E-state index < -0.39 is 5.97 Å². The van der Waals surface area contributed by atoms with E-state index in [0.29, 0.717) is 18.7 Å². The zero-order valence-corrected chi connectivity index (χ0v) is 10.8. The van der Waals surface area contributed by atoms with E-state index in [1.54, 1.807) is 24.0 Å². The van der Waals surface area contributed by atoms with Crippen molar-refractivity contribution in [2.45, 2.75) is 19.8 Å². The number of likely N-dealkylation sites (tertiary alicyclic amines) is 1. The third-order valence-corrected chi connectivity index (χ3v) is 3.49. The molecule has 0 aliphatic carbocycles. The molecule has 2 N–H and O–H groups in total. The van der Waals surface area contributed by atoms with Crippen molar-refractivity contribution >= 4 is 11.9 Å². The van der Waals surface area contributed by atoms with Gasteiger partial charge in [-0.15, -0.1) is 0 Å². The van der Waals surface area contributed by atoms with Gasteiger partial charge in [0.05, 0.1) is 0 Å². The second-order valence-electron chi connectivity index (χ2n) is 5.00. The molecule has 102 valence electrons. The quantitative estimate of drug-likeness (QED) is 0.869. The number of hydrogen-bond acceptors (Lipinski definition) is 3. The summed E-state index contributed by atoms with van der Waals surface area (Å²) >= 11 is 0. The average Bonchev–Trinajstić information content (AvgIpc) is 2.79. The monoisotopic (exact) mass is 263 g/mol. The highest BCUT2D eigenvalue weighted by Gasteiger charge is 2.28. The molecule has 0 bridgehead atoms. The van der Waals surface area contributed by atoms with Gasteiger partial charge in [-0.25, -0.2) is 0 Å². The minimum atomic E-state index is -0.827. The number of phenolic OH excluding ortho intramolecular Hbond substituents is 1. The van der Waals surface area contributed by atoms with Crippen LogP contribution >= 0.6 is 0 Å². The van der Waals surface area contributed by atoms with Gasteiger partial charge in [0.1, 0.15) is 5.75 Å². The molecule has 5 heteroatoms. The van der Waals surface area contributed by atoms with Gasteiger partial charge in [-0.05, 0) is 37.0 Å². The summed E-state index contributed by atoms with van der Waals surface area (Å²) in [6, 6.07) is 4.84. The van der Waals surface area contributed by atoms with Crippen LogP contribution < -0.4 is 0 Å². The predicted octanol–water partition coefficient (Wildman–Crippen LogP) is 1.64. The lowest BCUT2D eigenvalue weighted by molar-refractivity contribution is -0.138. The fraction of sp³-hybridized carbons (Fsp3) is 0.429. The van der Waals surface area contributed by atoms with E-state index in [0.717, 1.165) is 12.0 Å². The lowest BCUT2D eigenvalue weighted by atomic mass is 10.1. The van der Waals surface area contributed by atoms with Gasteiger partial charge in [0.15, 0.2) is 0 Å². The first-order chi connectivity index (χ1) is 8.97. The Bertz CT molecular complexity index is 512. The smallest absolute Gasteiger partial charge is 0.303 e. The Labute approximate surface area is 111 Å². The first-order valence-corrected chi connectivity index (χ1v) is 6.28. The second-order valence-corrected chi connectivity index (χ2v) is 5.00. The average molecular weight is 263 g/mol. The van der Waals surface area contributed by atoms with Crippen LogP contribution in [0.4, 0.5) is 0 Å². The maximum atomic E-state index is 12.2. The molecule has 1 aliphatic rings. The third kappa shape index (κ3) is 3.05. The molecule has 1 atom stereocenters. The fourth-order valence-electron chi connectivity index (χ4n) is 2.36. The first-order valence-electron chi connectivity index (χ1n) is 6.28. The molecular weight excluding hydrogens is 246 g/mol. The Morgan fingerprint density at radius 3 is 2.79 bits per heavy atom. The van der Waals surface area contributed by atoms with E-state index in [9.17, 15) is 14.7 Å². The molecule has 2 rings (SSSR count). The molecule has 1 aliphatic heterocycles. The van der Waals surface area contributed by atoms with Gasteiger partial charge in [0.25, 0.3) is 5.91 Å². The number of aryl methyl sites for hydroxylation is 1. The summed E-state index contributed by atoms with van der Waals surface area (Å²) in [6.07, 6.45) is 0.818. The molecule has 1 aromatic carbocycles. The fourth-order valence-corrected chi connectivity index (χ4v) is 2.36. The SMILES string of the molecule is Cc1ccc(C(=O)N2CCC(CC(=O)O)C2)cc1O. The van der Waals surface area contributed by atoms with Gasteiger partial charge in [-0.2, -0.15) is 0 Å². The number of nitrogens with zero attached hydrogens (tertiary/aromatic N) is 1. The van der Waals surface area contributed by atoms with Gasteiger partial charge in [-0.3, -0.25) is 9.59 Å². The minimum Gasteiger partial charge on any atom is -0.508 e. The Morgan fingerprint density at radius 2 is 2.16 bits per heavy atom. The number of carboxylic acid groups (broad SMARTS) is 1. The lowest BCUT2D eigenvalue weighted by Crippen LogP contribution is -2.29. The zero-order valence-electron chi connectivity index (χ0n) is 10.8. The number of amides is 1. The number of carbonyl (C=O) groups excluding carboxylic acids is 1. The molecule has 1 heterocycles. The standard InChI is InChI=1S/C14H17NO4/c1-9-2-3-11(7-12(9)16)14(19)15-5-4-10(8-15)6-13(17)18/h2-3,7,10,16H,4-6,8H2,1H3,(H,17,18). The Kier molecular flexibility index (Phi) is 3.74. The molecule has 1 saturated heterocycles. The Morgan fingerprint density at radius 1 is 1.42 bits per heavy atom. The Hall–Kier alpha value is -2.04. The zero-order chi connectivity index (χ0) is 14.0. The van der Waals surface area contributed by atoms with E-state index >= 15 is 0 Å². The highest BCUT2D eigenvalue weighted by Crippen LogP contribution is 2.23. The summed E-state index contributed by atoms with van der Waals surface area (Å²) in [5.41, 5.74) is 1.17. The maximum absolute atomic E-state index is 12.2. The molecule has 0 radical (unpaired) electrons. The Balaban J connectivity index is 2.04. The molecule has 1 fully saturated rings. The second kappa shape index (κ2) is 5.30. The van der Waals surface area contributed by atoms with Crippen molar-refractivity contribution in [3.8, 4) is 5.75 Å². The van der Waals surface area contributed by atoms with Crippen molar-refractivity contribution < 1.29 is 19.8 Å². The van der Waals surface area contributed by atoms with Gasteiger partial charge < -0.3 is 15.1 Å². The predicted molar refractivity (Wildman–Crippen MR) is 69.1 cm³/mol. The van der Waals surface area contributed by atoms with Crippen molar-refractivity contribution in [3.63, 3.8) is 0 Å². The van der Waals surface area contributed by atoms with Crippen molar-refractivity contribution in [1.82, 2.24) is 4.90 Å². The number of aromatic hydroxyl groups is 1. The number of carboxylic acids is 1. The summed E-state index contributed by atoms with van der Waals surface area (Å²) in [5.74, 6) is -0.844. The van der Waals surface area contributed by atoms with E-state index in [-0.39, 0.29) is 24.0 Å². The van der Waals surface area contributed by atoms with Crippen LogP contribution in [0, 0.1) is 12.8 Å². The normalized spacial score (nSPS) is 18.6. The number of carbonyl (C=O) groups is 2. The number of rotatable bonds is 3. The van der Waals surface area contributed by atoms with Crippen molar-refractivity contribution in [2.24, 2.45) is 5.92 Å². The first kappa shape index (κ1) is 13.4. The van der Waals surface area contributed by atoms with Crippen LogP contribution in [-0.4, -0.2) is 40.1 Å².